The molecule has 0 aliphatic rings. The predicted octanol–water partition coefficient (Wildman–Crippen LogP) is 2.09. The molecule has 2 aromatic rings. The molecule has 22 heavy (non-hydrogen) atoms. The third kappa shape index (κ3) is 2.92. The summed E-state index contributed by atoms with van der Waals surface area (Å²) in [6, 6.07) is 9.13. The second-order valence-corrected chi connectivity index (χ2v) is 4.61. The Morgan fingerprint density at radius 2 is 1.14 bits per heavy atom. The van der Waals surface area contributed by atoms with Gasteiger partial charge in [-0.05, 0) is 11.1 Å². The fourth-order valence-corrected chi connectivity index (χ4v) is 2.17. The van der Waals surface area contributed by atoms with Gasteiger partial charge in [-0.15, -0.1) is 0 Å². The van der Waals surface area contributed by atoms with E-state index in [0.717, 1.165) is 0 Å². The quantitative estimate of drug-likeness (QED) is 0.640. The number of rotatable bonds is 5. The molecular formula is C14H14N4O4. The summed E-state index contributed by atoms with van der Waals surface area (Å²) in [5, 5.41) is 22.1. The smallest absolute Gasteiger partial charge is 0.274 e. The van der Waals surface area contributed by atoms with Gasteiger partial charge in [0.2, 0.25) is 0 Å². The molecule has 0 aliphatic carbocycles. The van der Waals surface area contributed by atoms with Crippen LogP contribution in [0.4, 0.5) is 11.4 Å². The molecule has 0 atom stereocenters. The zero-order valence-corrected chi connectivity index (χ0v) is 11.6. The van der Waals surface area contributed by atoms with E-state index in [0.29, 0.717) is 22.3 Å². The van der Waals surface area contributed by atoms with E-state index in [-0.39, 0.29) is 24.5 Å². The minimum atomic E-state index is -0.519. The van der Waals surface area contributed by atoms with Gasteiger partial charge in [0.25, 0.3) is 11.4 Å². The maximum Gasteiger partial charge on any atom is 0.274 e. The van der Waals surface area contributed by atoms with Gasteiger partial charge in [-0.2, -0.15) is 0 Å². The van der Waals surface area contributed by atoms with Gasteiger partial charge in [0.05, 0.1) is 9.85 Å². The second-order valence-electron chi connectivity index (χ2n) is 4.61. The van der Waals surface area contributed by atoms with Crippen molar-refractivity contribution in [1.82, 2.24) is 0 Å². The largest absolute Gasteiger partial charge is 0.326 e. The van der Waals surface area contributed by atoms with E-state index in [2.05, 4.69) is 0 Å². The van der Waals surface area contributed by atoms with Crippen LogP contribution in [0.15, 0.2) is 36.4 Å². The monoisotopic (exact) mass is 302 g/mol. The second kappa shape index (κ2) is 6.29. The molecule has 0 aliphatic heterocycles. The highest BCUT2D eigenvalue weighted by molar-refractivity contribution is 5.70. The fraction of sp³-hybridized carbons (Fsp3) is 0.143. The van der Waals surface area contributed by atoms with Gasteiger partial charge in [-0.1, -0.05) is 24.3 Å². The number of nitrogens with two attached hydrogens (primary N) is 2. The summed E-state index contributed by atoms with van der Waals surface area (Å²) in [4.78, 5) is 21.1. The highest BCUT2D eigenvalue weighted by Crippen LogP contribution is 2.30. The van der Waals surface area contributed by atoms with Crippen LogP contribution in [-0.2, 0) is 13.1 Å². The number of nitro groups is 2. The minimum Gasteiger partial charge on any atom is -0.326 e. The molecule has 0 fully saturated rings. The summed E-state index contributed by atoms with van der Waals surface area (Å²) < 4.78 is 0. The van der Waals surface area contributed by atoms with Gasteiger partial charge in [0, 0.05) is 36.3 Å². The Bertz CT molecular complexity index is 682. The lowest BCUT2D eigenvalue weighted by Crippen LogP contribution is -2.03. The molecule has 2 aromatic carbocycles. The summed E-state index contributed by atoms with van der Waals surface area (Å²) in [5.74, 6) is 0. The van der Waals surface area contributed by atoms with Crippen molar-refractivity contribution < 1.29 is 9.85 Å². The van der Waals surface area contributed by atoms with Crippen molar-refractivity contribution in [3.63, 3.8) is 0 Å². The maximum absolute atomic E-state index is 11.1. The number of nitro benzene ring substituents is 2. The van der Waals surface area contributed by atoms with Crippen LogP contribution < -0.4 is 11.5 Å². The zero-order chi connectivity index (χ0) is 16.3. The van der Waals surface area contributed by atoms with E-state index in [1.807, 2.05) is 0 Å². The molecule has 0 spiro atoms. The standard InChI is InChI=1S/C14H14N4O4/c15-7-11-3-1-9(5-13(11)17(19)20)10-2-4-12(8-16)14(6-10)18(21)22/h1-6H,7-8,15-16H2. The van der Waals surface area contributed by atoms with Gasteiger partial charge in [-0.25, -0.2) is 0 Å². The van der Waals surface area contributed by atoms with E-state index < -0.39 is 9.85 Å². The number of benzene rings is 2. The zero-order valence-electron chi connectivity index (χ0n) is 11.6. The molecule has 0 unspecified atom stereocenters. The molecule has 8 nitrogen and oxygen atoms in total. The van der Waals surface area contributed by atoms with Crippen molar-refractivity contribution in [2.45, 2.75) is 13.1 Å². The van der Waals surface area contributed by atoms with Crippen LogP contribution in [0.2, 0.25) is 0 Å². The topological polar surface area (TPSA) is 138 Å². The Hall–Kier alpha value is -2.84. The molecule has 114 valence electrons. The first kappa shape index (κ1) is 15.5. The molecule has 2 rings (SSSR count). The van der Waals surface area contributed by atoms with Crippen molar-refractivity contribution in [2.24, 2.45) is 11.5 Å². The molecule has 0 bridgehead atoms. The number of hydrogen-bond acceptors (Lipinski definition) is 6. The van der Waals surface area contributed by atoms with Gasteiger partial charge < -0.3 is 11.5 Å². The van der Waals surface area contributed by atoms with Crippen molar-refractivity contribution in [3.05, 3.63) is 67.8 Å². The average molecular weight is 302 g/mol. The average Bonchev–Trinajstić information content (AvgIpc) is 2.53. The first-order valence-corrected chi connectivity index (χ1v) is 6.43. The lowest BCUT2D eigenvalue weighted by molar-refractivity contribution is -0.385. The number of nitrogens with zero attached hydrogens (tertiary/aromatic N) is 2. The van der Waals surface area contributed by atoms with E-state index in [1.165, 1.54) is 12.1 Å². The van der Waals surface area contributed by atoms with E-state index in [9.17, 15) is 20.2 Å². The molecule has 0 heterocycles. The highest BCUT2D eigenvalue weighted by Gasteiger charge is 2.17. The fourth-order valence-electron chi connectivity index (χ4n) is 2.17. The minimum absolute atomic E-state index is 0.0445. The lowest BCUT2D eigenvalue weighted by atomic mass is 10.00. The molecule has 8 heteroatoms. The SMILES string of the molecule is NCc1ccc(-c2ccc(CN)c([N+](=O)[O-])c2)cc1[N+](=O)[O-]. The van der Waals surface area contributed by atoms with E-state index >= 15 is 0 Å². The van der Waals surface area contributed by atoms with E-state index in [4.69, 9.17) is 11.5 Å². The van der Waals surface area contributed by atoms with Crippen molar-refractivity contribution >= 4 is 11.4 Å². The lowest BCUT2D eigenvalue weighted by Gasteiger charge is -2.07. The first-order chi connectivity index (χ1) is 10.5. The van der Waals surface area contributed by atoms with Gasteiger partial charge in [-0.3, -0.25) is 20.2 Å². The van der Waals surface area contributed by atoms with Crippen LogP contribution in [0.1, 0.15) is 11.1 Å². The van der Waals surface area contributed by atoms with Crippen molar-refractivity contribution in [2.75, 3.05) is 0 Å². The van der Waals surface area contributed by atoms with Gasteiger partial charge in [0.1, 0.15) is 0 Å². The van der Waals surface area contributed by atoms with E-state index in [1.54, 1.807) is 24.3 Å². The maximum atomic E-state index is 11.1. The van der Waals surface area contributed by atoms with Crippen LogP contribution in [0.25, 0.3) is 11.1 Å². The Kier molecular flexibility index (Phi) is 4.44. The molecule has 4 N–H and O–H groups in total. The Balaban J connectivity index is 2.57. The molecule has 0 saturated carbocycles. The van der Waals surface area contributed by atoms with Gasteiger partial charge >= 0.3 is 0 Å². The highest BCUT2D eigenvalue weighted by atomic mass is 16.6. The normalized spacial score (nSPS) is 10.5. The molecule has 0 aromatic heterocycles. The number of hydrogen-bond donors (Lipinski definition) is 2. The first-order valence-electron chi connectivity index (χ1n) is 6.43. The summed E-state index contributed by atoms with van der Waals surface area (Å²) in [6.45, 7) is 0.0890. The molecule has 0 saturated heterocycles. The third-order valence-corrected chi connectivity index (χ3v) is 3.34. The van der Waals surface area contributed by atoms with Crippen molar-refractivity contribution in [1.29, 1.82) is 0 Å². The van der Waals surface area contributed by atoms with Gasteiger partial charge in [0.15, 0.2) is 0 Å². The van der Waals surface area contributed by atoms with Crippen LogP contribution in [0.5, 0.6) is 0 Å². The third-order valence-electron chi connectivity index (χ3n) is 3.34. The predicted molar refractivity (Wildman–Crippen MR) is 81.0 cm³/mol. The molecule has 0 amide bonds. The molecule has 0 radical (unpaired) electrons. The Labute approximate surface area is 125 Å². The van der Waals surface area contributed by atoms with Crippen LogP contribution in [0, 0.1) is 20.2 Å². The van der Waals surface area contributed by atoms with Crippen LogP contribution in [0.3, 0.4) is 0 Å². The summed E-state index contributed by atoms with van der Waals surface area (Å²) in [7, 11) is 0. The van der Waals surface area contributed by atoms with Crippen LogP contribution in [-0.4, -0.2) is 9.85 Å². The summed E-state index contributed by atoms with van der Waals surface area (Å²) in [5.41, 5.74) is 12.6. The summed E-state index contributed by atoms with van der Waals surface area (Å²) in [6.07, 6.45) is 0. The van der Waals surface area contributed by atoms with Crippen molar-refractivity contribution in [3.8, 4) is 11.1 Å². The summed E-state index contributed by atoms with van der Waals surface area (Å²) >= 11 is 0. The Morgan fingerprint density at radius 3 is 1.41 bits per heavy atom. The molecular weight excluding hydrogens is 288 g/mol. The van der Waals surface area contributed by atoms with Crippen LogP contribution >= 0.6 is 0 Å². The Morgan fingerprint density at radius 1 is 0.773 bits per heavy atom.